The number of rotatable bonds is 7. The van der Waals surface area contributed by atoms with Gasteiger partial charge in [-0.15, -0.1) is 0 Å². The second-order valence-electron chi connectivity index (χ2n) is 5.17. The molecule has 1 aromatic rings. The number of sulfonamides is 1. The fraction of sp³-hybridized carbons (Fsp3) is 0.500. The molecule has 124 valence electrons. The first-order valence-corrected chi connectivity index (χ1v) is 9.38. The van der Waals surface area contributed by atoms with Crippen LogP contribution < -0.4 is 16.2 Å². The van der Waals surface area contributed by atoms with Crippen LogP contribution in [0.1, 0.15) is 42.1 Å². The van der Waals surface area contributed by atoms with E-state index in [0.29, 0.717) is 16.6 Å². The number of nitrogens with one attached hydrogen (secondary N) is 1. The third kappa shape index (κ3) is 5.05. The summed E-state index contributed by atoms with van der Waals surface area (Å²) in [6.07, 6.45) is 2.76. The van der Waals surface area contributed by atoms with E-state index in [4.69, 9.17) is 10.9 Å². The number of carbonyl (C=O) groups excluding carboxylic acids is 1. The van der Waals surface area contributed by atoms with Gasteiger partial charge in [-0.3, -0.25) is 4.79 Å². The average Bonchev–Trinajstić information content (AvgIpc) is 2.44. The summed E-state index contributed by atoms with van der Waals surface area (Å²) < 4.78 is 23.7. The molecule has 22 heavy (non-hydrogen) atoms. The zero-order valence-electron chi connectivity index (χ0n) is 12.7. The summed E-state index contributed by atoms with van der Waals surface area (Å²) in [6, 6.07) is 2.83. The topological polar surface area (TPSA) is 115 Å². The molecule has 0 aliphatic rings. The largest absolute Gasteiger partial charge is 0.348 e. The van der Waals surface area contributed by atoms with Crippen LogP contribution in [0.5, 0.6) is 0 Å². The Balaban J connectivity index is 3.11. The number of unbranched alkanes of at least 4 members (excludes halogenated alkanes) is 1. The van der Waals surface area contributed by atoms with Crippen LogP contribution in [0.3, 0.4) is 0 Å². The molecular formula is C14H22BrN3O3S. The Labute approximate surface area is 139 Å². The van der Waals surface area contributed by atoms with Gasteiger partial charge in [-0.1, -0.05) is 35.7 Å². The highest BCUT2D eigenvalue weighted by Crippen LogP contribution is 2.24. The average molecular weight is 392 g/mol. The SMILES string of the molecule is CCCCC(CN)NC(=O)c1cc(Br)cc(S(N)(=O)=O)c1C. The molecule has 5 N–H and O–H groups in total. The fourth-order valence-corrected chi connectivity index (χ4v) is 3.59. The Hall–Kier alpha value is -0.960. The van der Waals surface area contributed by atoms with Crippen molar-refractivity contribution < 1.29 is 13.2 Å². The van der Waals surface area contributed by atoms with Gasteiger partial charge in [0.2, 0.25) is 10.0 Å². The molecule has 1 atom stereocenters. The molecule has 6 nitrogen and oxygen atoms in total. The van der Waals surface area contributed by atoms with E-state index < -0.39 is 10.0 Å². The van der Waals surface area contributed by atoms with Crippen molar-refractivity contribution in [3.63, 3.8) is 0 Å². The minimum absolute atomic E-state index is 0.0649. The van der Waals surface area contributed by atoms with Crippen LogP contribution in [0.25, 0.3) is 0 Å². The molecule has 0 aliphatic carbocycles. The van der Waals surface area contributed by atoms with E-state index in [-0.39, 0.29) is 22.4 Å². The fourth-order valence-electron chi connectivity index (χ4n) is 2.15. The molecule has 0 fully saturated rings. The molecule has 0 heterocycles. The molecule has 0 aromatic heterocycles. The molecular weight excluding hydrogens is 370 g/mol. The number of hydrogen-bond acceptors (Lipinski definition) is 4. The maximum Gasteiger partial charge on any atom is 0.251 e. The zero-order valence-corrected chi connectivity index (χ0v) is 15.1. The van der Waals surface area contributed by atoms with E-state index in [1.165, 1.54) is 6.07 Å². The Morgan fingerprint density at radius 3 is 2.55 bits per heavy atom. The van der Waals surface area contributed by atoms with Crippen molar-refractivity contribution in [2.24, 2.45) is 10.9 Å². The Kier molecular flexibility index (Phi) is 6.98. The van der Waals surface area contributed by atoms with Crippen LogP contribution in [0.15, 0.2) is 21.5 Å². The molecule has 0 saturated heterocycles. The highest BCUT2D eigenvalue weighted by Gasteiger charge is 2.20. The minimum atomic E-state index is -3.89. The van der Waals surface area contributed by atoms with Gasteiger partial charge in [0.15, 0.2) is 0 Å². The van der Waals surface area contributed by atoms with Crippen molar-refractivity contribution in [1.82, 2.24) is 5.32 Å². The van der Waals surface area contributed by atoms with Crippen molar-refractivity contribution in [1.29, 1.82) is 0 Å². The summed E-state index contributed by atoms with van der Waals surface area (Å²) in [6.45, 7) is 3.96. The van der Waals surface area contributed by atoms with Gasteiger partial charge in [0, 0.05) is 22.6 Å². The second kappa shape index (κ2) is 8.05. The summed E-state index contributed by atoms with van der Waals surface area (Å²) in [5.41, 5.74) is 6.27. The molecule has 0 aliphatic heterocycles. The number of amides is 1. The molecule has 0 spiro atoms. The lowest BCUT2D eigenvalue weighted by Gasteiger charge is -2.18. The van der Waals surface area contributed by atoms with Crippen LogP contribution in [0.4, 0.5) is 0 Å². The smallest absolute Gasteiger partial charge is 0.251 e. The van der Waals surface area contributed by atoms with Crippen LogP contribution in [-0.2, 0) is 10.0 Å². The maximum atomic E-state index is 12.4. The van der Waals surface area contributed by atoms with Gasteiger partial charge in [-0.05, 0) is 31.0 Å². The quantitative estimate of drug-likeness (QED) is 0.654. The Bertz CT molecular complexity index is 647. The first-order valence-electron chi connectivity index (χ1n) is 7.04. The summed E-state index contributed by atoms with van der Waals surface area (Å²) >= 11 is 3.21. The highest BCUT2D eigenvalue weighted by molar-refractivity contribution is 9.10. The normalized spacial score (nSPS) is 13.0. The Morgan fingerprint density at radius 2 is 2.05 bits per heavy atom. The molecule has 1 amide bonds. The van der Waals surface area contributed by atoms with Gasteiger partial charge in [0.25, 0.3) is 5.91 Å². The molecule has 0 bridgehead atoms. The number of nitrogens with two attached hydrogens (primary N) is 2. The molecule has 1 aromatic carbocycles. The van der Waals surface area contributed by atoms with E-state index in [9.17, 15) is 13.2 Å². The van der Waals surface area contributed by atoms with E-state index in [2.05, 4.69) is 28.2 Å². The van der Waals surface area contributed by atoms with Gasteiger partial charge in [-0.25, -0.2) is 13.6 Å². The van der Waals surface area contributed by atoms with Crippen molar-refractivity contribution in [2.45, 2.75) is 44.0 Å². The lowest BCUT2D eigenvalue weighted by Crippen LogP contribution is -2.40. The van der Waals surface area contributed by atoms with Crippen LogP contribution in [-0.4, -0.2) is 26.9 Å². The monoisotopic (exact) mass is 391 g/mol. The van der Waals surface area contributed by atoms with Gasteiger partial charge in [0.05, 0.1) is 4.90 Å². The third-order valence-electron chi connectivity index (χ3n) is 3.40. The van der Waals surface area contributed by atoms with Gasteiger partial charge >= 0.3 is 0 Å². The van der Waals surface area contributed by atoms with Crippen LogP contribution in [0.2, 0.25) is 0 Å². The molecule has 1 unspecified atom stereocenters. The van der Waals surface area contributed by atoms with Crippen molar-refractivity contribution in [3.05, 3.63) is 27.7 Å². The third-order valence-corrected chi connectivity index (χ3v) is 4.90. The van der Waals surface area contributed by atoms with Gasteiger partial charge < -0.3 is 11.1 Å². The second-order valence-corrected chi connectivity index (χ2v) is 7.62. The lowest BCUT2D eigenvalue weighted by atomic mass is 10.1. The highest BCUT2D eigenvalue weighted by atomic mass is 79.9. The van der Waals surface area contributed by atoms with Crippen molar-refractivity contribution >= 4 is 31.9 Å². The number of primary sulfonamides is 1. The first-order chi connectivity index (χ1) is 10.2. The van der Waals surface area contributed by atoms with Crippen LogP contribution in [0, 0.1) is 6.92 Å². The predicted octanol–water partition coefficient (Wildman–Crippen LogP) is 1.65. The number of hydrogen-bond donors (Lipinski definition) is 3. The standard InChI is InChI=1S/C14H22BrN3O3S/c1-3-4-5-11(8-16)18-14(19)12-6-10(15)7-13(9(12)2)22(17,20)21/h6-7,11H,3-5,8,16H2,1-2H3,(H,18,19)(H2,17,20,21). The molecule has 0 saturated carbocycles. The number of halogens is 1. The molecule has 0 radical (unpaired) electrons. The Morgan fingerprint density at radius 1 is 1.41 bits per heavy atom. The molecule has 8 heteroatoms. The van der Waals surface area contributed by atoms with Gasteiger partial charge in [0.1, 0.15) is 0 Å². The van der Waals surface area contributed by atoms with Crippen LogP contribution >= 0.6 is 15.9 Å². The molecule has 1 rings (SSSR count). The maximum absolute atomic E-state index is 12.4. The predicted molar refractivity (Wildman–Crippen MR) is 90.1 cm³/mol. The van der Waals surface area contributed by atoms with Gasteiger partial charge in [-0.2, -0.15) is 0 Å². The minimum Gasteiger partial charge on any atom is -0.348 e. The number of carbonyl (C=O) groups is 1. The first kappa shape index (κ1) is 19.1. The number of benzene rings is 1. The van der Waals surface area contributed by atoms with Crippen molar-refractivity contribution in [2.75, 3.05) is 6.54 Å². The van der Waals surface area contributed by atoms with E-state index >= 15 is 0 Å². The summed E-state index contributed by atoms with van der Waals surface area (Å²) in [5, 5.41) is 8.03. The van der Waals surface area contributed by atoms with E-state index in [1.54, 1.807) is 13.0 Å². The summed E-state index contributed by atoms with van der Waals surface area (Å²) in [4.78, 5) is 12.3. The zero-order chi connectivity index (χ0) is 16.9. The van der Waals surface area contributed by atoms with E-state index in [1.807, 2.05) is 0 Å². The van der Waals surface area contributed by atoms with Crippen molar-refractivity contribution in [3.8, 4) is 0 Å². The summed E-state index contributed by atoms with van der Waals surface area (Å²) in [5.74, 6) is -0.352. The lowest BCUT2D eigenvalue weighted by molar-refractivity contribution is 0.0935. The summed E-state index contributed by atoms with van der Waals surface area (Å²) in [7, 11) is -3.89. The van der Waals surface area contributed by atoms with E-state index in [0.717, 1.165) is 19.3 Å².